The first-order valence-electron chi connectivity index (χ1n) is 11.7. The lowest BCUT2D eigenvalue weighted by Gasteiger charge is -2.17. The summed E-state index contributed by atoms with van der Waals surface area (Å²) in [5.74, 6) is 7.71. The van der Waals surface area contributed by atoms with E-state index in [0.717, 1.165) is 34.3 Å². The number of aromatic nitrogens is 1. The summed E-state index contributed by atoms with van der Waals surface area (Å²) < 4.78 is 5.08. The summed E-state index contributed by atoms with van der Waals surface area (Å²) in [7, 11) is 0. The number of hydrazine groups is 2. The van der Waals surface area contributed by atoms with Gasteiger partial charge in [0.25, 0.3) is 0 Å². The van der Waals surface area contributed by atoms with E-state index in [9.17, 15) is 34.8 Å². The number of esters is 1. The van der Waals surface area contributed by atoms with E-state index < -0.39 is 29.4 Å². The van der Waals surface area contributed by atoms with Crippen LogP contribution in [-0.2, 0) is 4.74 Å². The summed E-state index contributed by atoms with van der Waals surface area (Å²) in [4.78, 5) is 39.6. The highest BCUT2D eigenvalue weighted by Crippen LogP contribution is 2.26. The molecule has 0 unspecified atom stereocenters. The molecule has 0 aliphatic rings. The minimum Gasteiger partial charge on any atom is -0.507 e. The monoisotopic (exact) mass is 565 g/mol. The number of nitrogens with two attached hydrogens (primary N) is 4. The fourth-order valence-electron chi connectivity index (χ4n) is 3.45. The second kappa shape index (κ2) is 12.4. The van der Waals surface area contributed by atoms with Crippen LogP contribution in [0.2, 0.25) is 0 Å². The molecule has 1 heterocycles. The summed E-state index contributed by atoms with van der Waals surface area (Å²) in [6.07, 6.45) is 2.41. The lowest BCUT2D eigenvalue weighted by atomic mass is 10.1. The summed E-state index contributed by atoms with van der Waals surface area (Å²) in [6, 6.07) is 9.93. The number of nitrogens with zero attached hydrogens (tertiary/aromatic N) is 3. The lowest BCUT2D eigenvalue weighted by molar-refractivity contribution is 0.0525. The number of anilines is 2. The van der Waals surface area contributed by atoms with Gasteiger partial charge in [0.2, 0.25) is 0 Å². The summed E-state index contributed by atoms with van der Waals surface area (Å²) in [6.45, 7) is 1.70. The molecule has 2 aromatic carbocycles. The van der Waals surface area contributed by atoms with Gasteiger partial charge in [0.05, 0.1) is 46.3 Å². The van der Waals surface area contributed by atoms with Gasteiger partial charge in [-0.2, -0.15) is 0 Å². The van der Waals surface area contributed by atoms with Crippen LogP contribution < -0.4 is 33.2 Å². The smallest absolute Gasteiger partial charge is 0.339 e. The Kier molecular flexibility index (Phi) is 8.98. The van der Waals surface area contributed by atoms with E-state index in [0.29, 0.717) is 0 Å². The van der Waals surface area contributed by atoms with E-state index in [4.69, 9.17) is 27.9 Å². The second-order valence-electron chi connectivity index (χ2n) is 8.34. The van der Waals surface area contributed by atoms with Gasteiger partial charge in [-0.3, -0.25) is 10.0 Å². The van der Waals surface area contributed by atoms with Gasteiger partial charge in [-0.15, -0.1) is 0 Å². The number of carboxylic acid groups (broad SMARTS) is 2. The number of benzene rings is 2. The highest BCUT2D eigenvalue weighted by molar-refractivity contribution is 5.93. The third-order valence-electron chi connectivity index (χ3n) is 5.50. The van der Waals surface area contributed by atoms with E-state index in [1.54, 1.807) is 6.92 Å². The van der Waals surface area contributed by atoms with E-state index in [1.165, 1.54) is 36.7 Å². The molecule has 0 saturated heterocycles. The summed E-state index contributed by atoms with van der Waals surface area (Å²) >= 11 is 0. The van der Waals surface area contributed by atoms with Crippen molar-refractivity contribution in [3.63, 3.8) is 0 Å². The molecule has 0 fully saturated rings. The Hall–Kier alpha value is -5.80. The molecule has 214 valence electrons. The molecule has 12 N–H and O–H groups in total. The van der Waals surface area contributed by atoms with Crippen LogP contribution in [0.5, 0.6) is 11.5 Å². The third kappa shape index (κ3) is 6.99. The van der Waals surface area contributed by atoms with Crippen LogP contribution in [-0.4, -0.2) is 49.9 Å². The maximum absolute atomic E-state index is 12.5. The molecule has 3 aromatic rings. The van der Waals surface area contributed by atoms with E-state index >= 15 is 0 Å². The molecule has 41 heavy (non-hydrogen) atoms. The lowest BCUT2D eigenvalue weighted by Crippen LogP contribution is -2.26. The van der Waals surface area contributed by atoms with Crippen molar-refractivity contribution >= 4 is 40.7 Å². The fourth-order valence-corrected chi connectivity index (χ4v) is 3.45. The average Bonchev–Trinajstić information content (AvgIpc) is 2.92. The van der Waals surface area contributed by atoms with Crippen molar-refractivity contribution in [1.82, 2.24) is 4.98 Å². The topological polar surface area (TPSA) is 265 Å². The molecular weight excluding hydrogens is 538 g/mol. The molecule has 0 atom stereocenters. The number of rotatable bonds is 10. The number of hydrogen-bond donors (Lipinski definition) is 8. The van der Waals surface area contributed by atoms with Crippen molar-refractivity contribution in [3.05, 3.63) is 89.0 Å². The molecule has 1 aromatic heterocycles. The van der Waals surface area contributed by atoms with Crippen molar-refractivity contribution < 1.29 is 39.5 Å². The van der Waals surface area contributed by atoms with Gasteiger partial charge in [0, 0.05) is 12.4 Å². The molecule has 0 spiro atoms. The van der Waals surface area contributed by atoms with Crippen LogP contribution in [0.25, 0.3) is 11.4 Å². The van der Waals surface area contributed by atoms with Crippen LogP contribution in [0.4, 0.5) is 11.4 Å². The molecule has 15 nitrogen and oxygen atoms in total. The number of carbonyl (C=O) groups excluding carboxylic acids is 1. The quantitative estimate of drug-likeness (QED) is 0.0979. The van der Waals surface area contributed by atoms with Crippen molar-refractivity contribution in [2.75, 3.05) is 16.6 Å². The van der Waals surface area contributed by atoms with Crippen molar-refractivity contribution in [2.24, 2.45) is 23.2 Å². The highest BCUT2D eigenvalue weighted by atomic mass is 16.5. The first-order valence-corrected chi connectivity index (χ1v) is 11.7. The number of hydrogen-bond acceptors (Lipinski definition) is 13. The zero-order valence-corrected chi connectivity index (χ0v) is 21.6. The van der Waals surface area contributed by atoms with Gasteiger partial charge in [0.15, 0.2) is 0 Å². The van der Waals surface area contributed by atoms with Crippen LogP contribution in [0.1, 0.15) is 49.4 Å². The zero-order chi connectivity index (χ0) is 30.4. The summed E-state index contributed by atoms with van der Waals surface area (Å²) in [5, 5.41) is 40.0. The molecule has 0 bridgehead atoms. The third-order valence-corrected chi connectivity index (χ3v) is 5.50. The van der Waals surface area contributed by atoms with Gasteiger partial charge in [0.1, 0.15) is 22.6 Å². The Labute approximate surface area is 232 Å². The standard InChI is InChI=1S/C26H27N7O8/c1-2-41-26(40)13-7-20(18(27)11-32(29)14-3-5-22(34)16(9-14)24(36)37)31-21(8-13)19(28)12-33(30)15-4-6-23(35)17(10-15)25(38)39/h3-12,34-35H,2,27-30H2,1H3,(H,36,37)(H,38,39)/b18-11-,19-12-. The van der Waals surface area contributed by atoms with Crippen molar-refractivity contribution in [2.45, 2.75) is 6.92 Å². The maximum Gasteiger partial charge on any atom is 0.339 e. The van der Waals surface area contributed by atoms with Crippen LogP contribution in [0, 0.1) is 0 Å². The Morgan fingerprint density at radius 1 is 0.805 bits per heavy atom. The Balaban J connectivity index is 2.03. The average molecular weight is 566 g/mol. The minimum atomic E-state index is -1.37. The highest BCUT2D eigenvalue weighted by Gasteiger charge is 2.17. The van der Waals surface area contributed by atoms with Gasteiger partial charge >= 0.3 is 17.9 Å². The van der Waals surface area contributed by atoms with E-state index in [-0.39, 0.29) is 57.5 Å². The molecular formula is C26H27N7O8. The molecule has 3 rings (SSSR count). The molecule has 0 amide bonds. The number of ether oxygens (including phenoxy) is 1. The maximum atomic E-state index is 12.5. The minimum absolute atomic E-state index is 0.0299. The largest absolute Gasteiger partial charge is 0.507 e. The van der Waals surface area contributed by atoms with Crippen molar-refractivity contribution in [3.8, 4) is 11.5 Å². The van der Waals surface area contributed by atoms with Crippen LogP contribution >= 0.6 is 0 Å². The van der Waals surface area contributed by atoms with Gasteiger partial charge in [-0.1, -0.05) is 0 Å². The van der Waals surface area contributed by atoms with Crippen molar-refractivity contribution in [1.29, 1.82) is 0 Å². The number of pyridine rings is 1. The molecule has 0 aliphatic carbocycles. The number of aromatic hydroxyl groups is 2. The van der Waals surface area contributed by atoms with Gasteiger partial charge < -0.3 is 36.6 Å². The molecule has 0 aliphatic heterocycles. The number of carboxylic acids is 2. The molecule has 15 heteroatoms. The number of aromatic carboxylic acids is 2. The first kappa shape index (κ1) is 29.8. The normalized spacial score (nSPS) is 11.6. The first-order chi connectivity index (χ1) is 19.3. The van der Waals surface area contributed by atoms with Crippen LogP contribution in [0.3, 0.4) is 0 Å². The predicted octanol–water partition coefficient (Wildman–Crippen LogP) is 1.34. The fraction of sp³-hybridized carbons (Fsp3) is 0.0769. The molecule has 0 saturated carbocycles. The Bertz CT molecular complexity index is 1470. The zero-order valence-electron chi connectivity index (χ0n) is 21.6. The SMILES string of the molecule is CCOC(=O)c1cc(/C(N)=C/N(N)c2ccc(O)c(C(=O)O)c2)nc(/C(N)=C/N(N)c2ccc(O)c(C(=O)O)c2)c1. The Morgan fingerprint density at radius 3 is 1.59 bits per heavy atom. The Morgan fingerprint density at radius 2 is 1.22 bits per heavy atom. The van der Waals surface area contributed by atoms with Crippen LogP contribution in [0.15, 0.2) is 60.9 Å². The number of phenols is 2. The van der Waals surface area contributed by atoms with E-state index in [1.807, 2.05) is 0 Å². The summed E-state index contributed by atoms with van der Waals surface area (Å²) in [5.41, 5.74) is 12.0. The van der Waals surface area contributed by atoms with Gasteiger partial charge in [-0.25, -0.2) is 31.1 Å². The number of carbonyl (C=O) groups is 3. The van der Waals surface area contributed by atoms with E-state index in [2.05, 4.69) is 4.98 Å². The van der Waals surface area contributed by atoms with Gasteiger partial charge in [-0.05, 0) is 55.5 Å². The predicted molar refractivity (Wildman–Crippen MR) is 148 cm³/mol. The second-order valence-corrected chi connectivity index (χ2v) is 8.34. The molecule has 0 radical (unpaired) electrons.